The van der Waals surface area contributed by atoms with Crippen LogP contribution in [0.25, 0.3) is 0 Å². The van der Waals surface area contributed by atoms with Crippen LogP contribution in [0.15, 0.2) is 30.3 Å². The third kappa shape index (κ3) is 3.47. The Morgan fingerprint density at radius 2 is 1.94 bits per heavy atom. The normalized spacial score (nSPS) is 11.1. The lowest BCUT2D eigenvalue weighted by Gasteiger charge is -2.09. The van der Waals surface area contributed by atoms with Crippen LogP contribution in [0.2, 0.25) is 0 Å². The molecule has 0 saturated carbocycles. The summed E-state index contributed by atoms with van der Waals surface area (Å²) in [7, 11) is 0. The number of hydrogen-bond acceptors (Lipinski definition) is 4. The number of benzene rings is 1. The molecule has 1 unspecified atom stereocenters. The number of nitrogens with one attached hydrogen (secondary N) is 1. The number of nitriles is 1. The molecule has 0 radical (unpaired) electrons. The van der Waals surface area contributed by atoms with E-state index < -0.39 is 11.8 Å². The van der Waals surface area contributed by atoms with E-state index in [1.54, 1.807) is 36.4 Å². The van der Waals surface area contributed by atoms with Gasteiger partial charge in [-0.3, -0.25) is 9.59 Å². The number of amides is 1. The van der Waals surface area contributed by atoms with E-state index in [-0.39, 0.29) is 10.8 Å². The van der Waals surface area contributed by atoms with Gasteiger partial charge in [0.05, 0.1) is 6.07 Å². The number of hydrogen-bond donors (Lipinski definition) is 1. The number of ketones is 1. The van der Waals surface area contributed by atoms with E-state index in [1.807, 2.05) is 0 Å². The molecule has 86 valence electrons. The van der Waals surface area contributed by atoms with E-state index in [2.05, 4.69) is 5.32 Å². The Morgan fingerprint density at radius 1 is 1.35 bits per heavy atom. The molecule has 1 N–H and O–H groups in total. The first-order valence-corrected chi connectivity index (χ1v) is 5.27. The fourth-order valence-corrected chi connectivity index (χ4v) is 1.49. The lowest BCUT2D eigenvalue weighted by molar-refractivity contribution is -0.117. The molecule has 5 heteroatoms. The summed E-state index contributed by atoms with van der Waals surface area (Å²) in [4.78, 5) is 22.7. The Morgan fingerprint density at radius 3 is 2.41 bits per heavy atom. The molecule has 0 fully saturated rings. The molecule has 0 bridgehead atoms. The smallest absolute Gasteiger partial charge is 0.256 e. The molecule has 0 saturated heterocycles. The highest BCUT2D eigenvalue weighted by atomic mass is 32.1. The van der Waals surface area contributed by atoms with Gasteiger partial charge in [0, 0.05) is 5.56 Å². The Bertz CT molecular complexity index is 491. The lowest BCUT2D eigenvalue weighted by atomic mass is 10.1. The zero-order valence-corrected chi connectivity index (χ0v) is 9.95. The molecule has 0 aliphatic rings. The summed E-state index contributed by atoms with van der Waals surface area (Å²) in [6, 6.07) is 10.2. The van der Waals surface area contributed by atoms with Crippen molar-refractivity contribution in [3.8, 4) is 6.07 Å². The van der Waals surface area contributed by atoms with Crippen molar-refractivity contribution in [2.75, 3.05) is 0 Å². The maximum absolute atomic E-state index is 11.7. The fourth-order valence-electron chi connectivity index (χ4n) is 1.18. The first kappa shape index (κ1) is 13.0. The van der Waals surface area contributed by atoms with Gasteiger partial charge in [-0.25, -0.2) is 0 Å². The van der Waals surface area contributed by atoms with Gasteiger partial charge in [0.2, 0.25) is 0 Å². The molecule has 1 aromatic carbocycles. The zero-order valence-electron chi connectivity index (χ0n) is 9.14. The van der Waals surface area contributed by atoms with Crippen molar-refractivity contribution < 1.29 is 9.59 Å². The van der Waals surface area contributed by atoms with Gasteiger partial charge >= 0.3 is 0 Å². The Balaban J connectivity index is 2.74. The van der Waals surface area contributed by atoms with Crippen molar-refractivity contribution in [2.24, 2.45) is 5.92 Å². The summed E-state index contributed by atoms with van der Waals surface area (Å²) in [5.41, 5.74) is 0.426. The predicted octanol–water partition coefficient (Wildman–Crippen LogP) is 1.47. The van der Waals surface area contributed by atoms with Gasteiger partial charge in [-0.05, 0) is 19.1 Å². The second kappa shape index (κ2) is 5.87. The number of Topliss-reactive ketones (excluding diaryl/α,β-unsaturated/α-hetero) is 1. The Hall–Kier alpha value is -2.06. The van der Waals surface area contributed by atoms with Crippen molar-refractivity contribution in [1.29, 1.82) is 5.26 Å². The predicted molar refractivity (Wildman–Crippen MR) is 66.3 cm³/mol. The van der Waals surface area contributed by atoms with Crippen molar-refractivity contribution in [2.45, 2.75) is 6.92 Å². The van der Waals surface area contributed by atoms with Gasteiger partial charge < -0.3 is 5.32 Å². The average Bonchev–Trinajstić information content (AvgIpc) is 2.30. The minimum absolute atomic E-state index is 0.0612. The van der Waals surface area contributed by atoms with Gasteiger partial charge in [0.15, 0.2) is 11.7 Å². The molecular formula is C12H10N2O2S. The van der Waals surface area contributed by atoms with Gasteiger partial charge in [0.25, 0.3) is 5.91 Å². The summed E-state index contributed by atoms with van der Waals surface area (Å²) in [6.07, 6.45) is 0. The topological polar surface area (TPSA) is 70.0 Å². The minimum Gasteiger partial charge on any atom is -0.315 e. The van der Waals surface area contributed by atoms with Crippen molar-refractivity contribution in [3.63, 3.8) is 0 Å². The second-order valence-corrected chi connectivity index (χ2v) is 3.80. The maximum Gasteiger partial charge on any atom is 0.256 e. The molecule has 0 aliphatic heterocycles. The second-order valence-electron chi connectivity index (χ2n) is 3.36. The highest BCUT2D eigenvalue weighted by Crippen LogP contribution is 2.02. The first-order chi connectivity index (χ1) is 8.06. The van der Waals surface area contributed by atoms with E-state index in [0.717, 1.165) is 0 Å². The number of carbonyl (C=O) groups is 2. The Labute approximate surface area is 104 Å². The largest absolute Gasteiger partial charge is 0.315 e. The van der Waals surface area contributed by atoms with Crippen LogP contribution in [-0.4, -0.2) is 16.7 Å². The molecule has 1 aromatic rings. The summed E-state index contributed by atoms with van der Waals surface area (Å²) < 4.78 is 0. The van der Waals surface area contributed by atoms with Crippen LogP contribution in [0.4, 0.5) is 0 Å². The van der Waals surface area contributed by atoms with Gasteiger partial charge in [-0.15, -0.1) is 0 Å². The highest BCUT2D eigenvalue weighted by Gasteiger charge is 2.20. The molecule has 1 rings (SSSR count). The van der Waals surface area contributed by atoms with E-state index in [9.17, 15) is 9.59 Å². The van der Waals surface area contributed by atoms with Crippen LogP contribution < -0.4 is 5.32 Å². The molecular weight excluding hydrogens is 236 g/mol. The van der Waals surface area contributed by atoms with Crippen molar-refractivity contribution >= 4 is 28.9 Å². The van der Waals surface area contributed by atoms with Crippen LogP contribution in [-0.2, 0) is 4.79 Å². The third-order valence-electron chi connectivity index (χ3n) is 2.07. The molecule has 17 heavy (non-hydrogen) atoms. The molecule has 4 nitrogen and oxygen atoms in total. The van der Waals surface area contributed by atoms with Crippen molar-refractivity contribution in [3.05, 3.63) is 35.9 Å². The maximum atomic E-state index is 11.7. The van der Waals surface area contributed by atoms with Crippen LogP contribution >= 0.6 is 12.2 Å². The van der Waals surface area contributed by atoms with E-state index >= 15 is 0 Å². The molecule has 0 aromatic heterocycles. The van der Waals surface area contributed by atoms with Crippen LogP contribution in [0.5, 0.6) is 0 Å². The van der Waals surface area contributed by atoms with Gasteiger partial charge in [-0.1, -0.05) is 30.4 Å². The van der Waals surface area contributed by atoms with Gasteiger partial charge in [-0.2, -0.15) is 5.26 Å². The van der Waals surface area contributed by atoms with Crippen LogP contribution in [0.3, 0.4) is 0 Å². The number of rotatable bonds is 3. The number of nitrogens with zero attached hydrogens (tertiary/aromatic N) is 1. The lowest BCUT2D eigenvalue weighted by Crippen LogP contribution is -2.36. The SMILES string of the molecule is CC(=O)C(C#N)C(=S)NC(=O)c1ccccc1. The van der Waals surface area contributed by atoms with Gasteiger partial charge in [0.1, 0.15) is 4.99 Å². The number of thiocarbonyl (C=S) groups is 1. The summed E-state index contributed by atoms with van der Waals surface area (Å²) in [5.74, 6) is -1.87. The monoisotopic (exact) mass is 246 g/mol. The summed E-state index contributed by atoms with van der Waals surface area (Å²) >= 11 is 4.85. The number of carbonyl (C=O) groups excluding carboxylic acids is 2. The quantitative estimate of drug-likeness (QED) is 0.820. The van der Waals surface area contributed by atoms with Crippen LogP contribution in [0, 0.1) is 17.2 Å². The molecule has 0 heterocycles. The standard InChI is InChI=1S/C12H10N2O2S/c1-8(15)10(7-13)12(17)14-11(16)9-5-3-2-4-6-9/h2-6,10H,1H3,(H,14,16,17). The molecule has 0 aliphatic carbocycles. The third-order valence-corrected chi connectivity index (χ3v) is 2.41. The van der Waals surface area contributed by atoms with E-state index in [4.69, 9.17) is 17.5 Å². The zero-order chi connectivity index (χ0) is 12.8. The molecule has 1 amide bonds. The molecule has 1 atom stereocenters. The van der Waals surface area contributed by atoms with Crippen LogP contribution in [0.1, 0.15) is 17.3 Å². The fraction of sp³-hybridized carbons (Fsp3) is 0.167. The summed E-state index contributed by atoms with van der Waals surface area (Å²) in [6.45, 7) is 1.26. The minimum atomic E-state index is -1.07. The summed E-state index contributed by atoms with van der Waals surface area (Å²) in [5, 5.41) is 11.1. The molecule has 0 spiro atoms. The van der Waals surface area contributed by atoms with E-state index in [1.165, 1.54) is 6.92 Å². The Kier molecular flexibility index (Phi) is 4.49. The average molecular weight is 246 g/mol. The first-order valence-electron chi connectivity index (χ1n) is 4.86. The van der Waals surface area contributed by atoms with Crippen molar-refractivity contribution in [1.82, 2.24) is 5.32 Å². The highest BCUT2D eigenvalue weighted by molar-refractivity contribution is 7.80. The van der Waals surface area contributed by atoms with E-state index in [0.29, 0.717) is 5.56 Å².